The number of hydrogen-bond acceptors (Lipinski definition) is 4. The summed E-state index contributed by atoms with van der Waals surface area (Å²) >= 11 is 0. The lowest BCUT2D eigenvalue weighted by Gasteiger charge is -2.23. The molecule has 1 aromatic rings. The molecule has 1 rings (SSSR count). The number of ether oxygens (including phenoxy) is 1. The topological polar surface area (TPSA) is 42.7 Å². The van der Waals surface area contributed by atoms with Crippen LogP contribution < -0.4 is 4.90 Å². The molecule has 14 heavy (non-hydrogen) atoms. The van der Waals surface area contributed by atoms with Crippen molar-refractivity contribution in [3.05, 3.63) is 17.9 Å². The molecule has 0 aromatic carbocycles. The van der Waals surface area contributed by atoms with Crippen molar-refractivity contribution >= 4 is 12.2 Å². The van der Waals surface area contributed by atoms with Crippen LogP contribution in [0.25, 0.3) is 0 Å². The van der Waals surface area contributed by atoms with Crippen LogP contribution in [0.1, 0.15) is 17.5 Å². The van der Waals surface area contributed by atoms with Gasteiger partial charge in [0, 0.05) is 20.2 Å². The molecular weight excluding hydrogens is 182 g/mol. The van der Waals surface area contributed by atoms with Crippen molar-refractivity contribution in [3.8, 4) is 0 Å². The van der Waals surface area contributed by atoms with Crippen LogP contribution in [0.5, 0.6) is 0 Å². The minimum absolute atomic E-state index is 0.214. The van der Waals surface area contributed by atoms with Crippen molar-refractivity contribution in [2.75, 3.05) is 25.7 Å². The van der Waals surface area contributed by atoms with Crippen LogP contribution in [0, 0.1) is 0 Å². The number of methoxy groups -OCH3 is 1. The van der Waals surface area contributed by atoms with E-state index in [1.165, 1.54) is 0 Å². The number of hydrogen-bond donors (Lipinski definition) is 0. The molecule has 0 fully saturated rings. The molecule has 78 valence electrons. The van der Waals surface area contributed by atoms with Gasteiger partial charge in [-0.2, -0.15) is 0 Å². The zero-order chi connectivity index (χ0) is 10.6. The van der Waals surface area contributed by atoms with Gasteiger partial charge in [-0.3, -0.25) is 4.79 Å². The summed E-state index contributed by atoms with van der Waals surface area (Å²) in [6.45, 7) is 2.64. The van der Waals surface area contributed by atoms with Gasteiger partial charge in [0.05, 0.1) is 12.6 Å². The van der Waals surface area contributed by atoms with E-state index in [0.29, 0.717) is 24.5 Å². The second-order valence-electron chi connectivity index (χ2n) is 3.21. The Morgan fingerprint density at radius 1 is 1.64 bits per heavy atom. The third-order valence-corrected chi connectivity index (χ3v) is 2.15. The average molecular weight is 197 g/mol. The third kappa shape index (κ3) is 2.35. The van der Waals surface area contributed by atoms with E-state index in [1.54, 1.807) is 19.2 Å². The summed E-state index contributed by atoms with van der Waals surface area (Å²) in [5, 5.41) is 0. The van der Waals surface area contributed by atoms with Gasteiger partial charge in [-0.05, 0) is 13.0 Å². The van der Waals surface area contributed by atoms with E-state index in [1.807, 2.05) is 18.9 Å². The van der Waals surface area contributed by atoms with Crippen LogP contribution in [-0.2, 0) is 4.74 Å². The Morgan fingerprint density at radius 3 is 2.86 bits per heavy atom. The minimum atomic E-state index is 0.214. The first-order chi connectivity index (χ1) is 6.69. The summed E-state index contributed by atoms with van der Waals surface area (Å²) in [5.41, 5.74) is 0. The Labute approximate surface area is 83.5 Å². The van der Waals surface area contributed by atoms with Crippen molar-refractivity contribution in [1.29, 1.82) is 0 Å². The molecule has 0 spiro atoms. The van der Waals surface area contributed by atoms with Crippen LogP contribution >= 0.6 is 0 Å². The lowest BCUT2D eigenvalue weighted by molar-refractivity contribution is 0.110. The largest absolute Gasteiger partial charge is 0.438 e. The molecule has 1 unspecified atom stereocenters. The van der Waals surface area contributed by atoms with Crippen molar-refractivity contribution in [2.45, 2.75) is 13.0 Å². The summed E-state index contributed by atoms with van der Waals surface area (Å²) in [6, 6.07) is 3.64. The van der Waals surface area contributed by atoms with Crippen molar-refractivity contribution < 1.29 is 13.9 Å². The molecule has 0 N–H and O–H groups in total. The Hall–Kier alpha value is -1.29. The summed E-state index contributed by atoms with van der Waals surface area (Å²) in [4.78, 5) is 12.3. The number of anilines is 1. The summed E-state index contributed by atoms with van der Waals surface area (Å²) in [7, 11) is 3.56. The Morgan fingerprint density at radius 2 is 2.36 bits per heavy atom. The first-order valence-corrected chi connectivity index (χ1v) is 4.45. The normalized spacial score (nSPS) is 12.5. The fraction of sp³-hybridized carbons (Fsp3) is 0.500. The van der Waals surface area contributed by atoms with E-state index < -0.39 is 0 Å². The molecule has 0 aliphatic heterocycles. The molecule has 0 bridgehead atoms. The number of rotatable bonds is 5. The van der Waals surface area contributed by atoms with E-state index in [9.17, 15) is 4.79 Å². The number of carbonyl (C=O) groups is 1. The van der Waals surface area contributed by atoms with E-state index in [2.05, 4.69) is 0 Å². The van der Waals surface area contributed by atoms with E-state index in [-0.39, 0.29) is 6.04 Å². The SMILES string of the molecule is COCC(C)N(C)c1ccc(C=O)o1. The number of carbonyl (C=O) groups excluding carboxylic acids is 1. The molecule has 0 saturated heterocycles. The lowest BCUT2D eigenvalue weighted by atomic mass is 10.3. The maximum absolute atomic E-state index is 10.4. The molecular formula is C10H15NO3. The second-order valence-corrected chi connectivity index (χ2v) is 3.21. The predicted molar refractivity (Wildman–Crippen MR) is 53.8 cm³/mol. The highest BCUT2D eigenvalue weighted by molar-refractivity contribution is 5.71. The second kappa shape index (κ2) is 4.81. The summed E-state index contributed by atoms with van der Waals surface area (Å²) in [5.74, 6) is 1.02. The molecule has 0 amide bonds. The van der Waals surface area contributed by atoms with Gasteiger partial charge in [0.25, 0.3) is 0 Å². The van der Waals surface area contributed by atoms with Crippen LogP contribution in [0.4, 0.5) is 5.88 Å². The van der Waals surface area contributed by atoms with Gasteiger partial charge in [-0.15, -0.1) is 0 Å². The first kappa shape index (κ1) is 10.8. The molecule has 1 atom stereocenters. The summed E-state index contributed by atoms with van der Waals surface area (Å²) < 4.78 is 10.3. The fourth-order valence-electron chi connectivity index (χ4n) is 1.17. The number of likely N-dealkylation sites (N-methyl/N-ethyl adjacent to an activating group) is 1. The highest BCUT2D eigenvalue weighted by Crippen LogP contribution is 2.18. The van der Waals surface area contributed by atoms with Crippen molar-refractivity contribution in [2.24, 2.45) is 0 Å². The van der Waals surface area contributed by atoms with Gasteiger partial charge in [-0.25, -0.2) is 0 Å². The Bertz CT molecular complexity index is 295. The van der Waals surface area contributed by atoms with E-state index in [0.717, 1.165) is 0 Å². The lowest BCUT2D eigenvalue weighted by Crippen LogP contribution is -2.32. The van der Waals surface area contributed by atoms with Crippen LogP contribution in [0.3, 0.4) is 0 Å². The van der Waals surface area contributed by atoms with Crippen LogP contribution in [0.15, 0.2) is 16.5 Å². The number of nitrogens with zero attached hydrogens (tertiary/aromatic N) is 1. The standard InChI is InChI=1S/C10H15NO3/c1-8(7-13-3)11(2)10-5-4-9(6-12)14-10/h4-6,8H,7H2,1-3H3. The fourth-order valence-corrected chi connectivity index (χ4v) is 1.17. The van der Waals surface area contributed by atoms with Gasteiger partial charge < -0.3 is 14.1 Å². The van der Waals surface area contributed by atoms with Crippen molar-refractivity contribution in [1.82, 2.24) is 0 Å². The van der Waals surface area contributed by atoms with Gasteiger partial charge >= 0.3 is 0 Å². The maximum Gasteiger partial charge on any atom is 0.196 e. The molecule has 0 aliphatic carbocycles. The number of furan rings is 1. The van der Waals surface area contributed by atoms with Gasteiger partial charge in [0.15, 0.2) is 17.9 Å². The maximum atomic E-state index is 10.4. The van der Waals surface area contributed by atoms with Crippen LogP contribution in [0.2, 0.25) is 0 Å². The smallest absolute Gasteiger partial charge is 0.196 e. The highest BCUT2D eigenvalue weighted by Gasteiger charge is 2.12. The quantitative estimate of drug-likeness (QED) is 0.672. The molecule has 1 aromatic heterocycles. The number of aldehydes is 1. The molecule has 0 saturated carbocycles. The summed E-state index contributed by atoms with van der Waals surface area (Å²) in [6.07, 6.45) is 0.693. The van der Waals surface area contributed by atoms with Crippen molar-refractivity contribution in [3.63, 3.8) is 0 Å². The van der Waals surface area contributed by atoms with Crippen LogP contribution in [-0.4, -0.2) is 33.1 Å². The minimum Gasteiger partial charge on any atom is -0.438 e. The Kier molecular flexibility index (Phi) is 3.71. The third-order valence-electron chi connectivity index (χ3n) is 2.15. The van der Waals surface area contributed by atoms with Gasteiger partial charge in [0.2, 0.25) is 0 Å². The zero-order valence-corrected chi connectivity index (χ0v) is 8.69. The molecule has 4 heteroatoms. The molecule has 0 aliphatic rings. The zero-order valence-electron chi connectivity index (χ0n) is 8.69. The van der Waals surface area contributed by atoms with Gasteiger partial charge in [0.1, 0.15) is 0 Å². The molecule has 1 heterocycles. The monoisotopic (exact) mass is 197 g/mol. The first-order valence-electron chi connectivity index (χ1n) is 4.45. The van der Waals surface area contributed by atoms with Gasteiger partial charge in [-0.1, -0.05) is 0 Å². The average Bonchev–Trinajstić information content (AvgIpc) is 2.65. The Balaban J connectivity index is 2.67. The molecule has 4 nitrogen and oxygen atoms in total. The highest BCUT2D eigenvalue weighted by atomic mass is 16.5. The van der Waals surface area contributed by atoms with E-state index >= 15 is 0 Å². The van der Waals surface area contributed by atoms with E-state index in [4.69, 9.17) is 9.15 Å². The predicted octanol–water partition coefficient (Wildman–Crippen LogP) is 1.56. The molecule has 0 radical (unpaired) electrons.